The first-order valence-electron chi connectivity index (χ1n) is 12.8. The van der Waals surface area contributed by atoms with E-state index in [1.165, 1.54) is 17.0 Å². The van der Waals surface area contributed by atoms with Crippen LogP contribution in [0.1, 0.15) is 59.3 Å². The average Bonchev–Trinajstić information content (AvgIpc) is 3.21. The van der Waals surface area contributed by atoms with Crippen LogP contribution in [0, 0.1) is 33.8 Å². The Morgan fingerprint density at radius 3 is 2.76 bits per heavy atom. The van der Waals surface area contributed by atoms with Gasteiger partial charge in [-0.3, -0.25) is 9.59 Å². The van der Waals surface area contributed by atoms with Crippen LogP contribution in [-0.4, -0.2) is 57.0 Å². The fourth-order valence-electron chi connectivity index (χ4n) is 6.38. The third-order valence-corrected chi connectivity index (χ3v) is 8.33. The van der Waals surface area contributed by atoms with E-state index >= 15 is 0 Å². The zero-order chi connectivity index (χ0) is 26.4. The van der Waals surface area contributed by atoms with Gasteiger partial charge >= 0.3 is 17.9 Å². The van der Waals surface area contributed by atoms with Gasteiger partial charge < -0.3 is 29.1 Å². The first-order chi connectivity index (χ1) is 17.6. The van der Waals surface area contributed by atoms with Crippen molar-refractivity contribution in [2.75, 3.05) is 6.61 Å². The number of esters is 2. The molecule has 5 fully saturated rings. The molecule has 0 radical (unpaired) electrons. The lowest BCUT2D eigenvalue weighted by Crippen LogP contribution is -2.70. The van der Waals surface area contributed by atoms with E-state index in [9.17, 15) is 19.7 Å². The molecule has 13 nitrogen and oxygen atoms in total. The van der Waals surface area contributed by atoms with E-state index in [1.807, 2.05) is 13.8 Å². The Morgan fingerprint density at radius 2 is 1.97 bits per heavy atom. The largest absolute Gasteiger partial charge is 0.462 e. The molecule has 1 aromatic rings. The smallest absolute Gasteiger partial charge is 0.434 e. The van der Waals surface area contributed by atoms with E-state index in [-0.39, 0.29) is 49.7 Å². The van der Waals surface area contributed by atoms with Crippen molar-refractivity contribution in [3.63, 3.8) is 0 Å². The van der Waals surface area contributed by atoms with Gasteiger partial charge in [0.05, 0.1) is 12.8 Å². The van der Waals surface area contributed by atoms with Gasteiger partial charge in [-0.25, -0.2) is 14.3 Å². The van der Waals surface area contributed by atoms with Crippen LogP contribution in [0.15, 0.2) is 12.4 Å². The lowest BCUT2D eigenvalue weighted by atomic mass is 9.58. The topological polar surface area (TPSA) is 150 Å². The fourth-order valence-corrected chi connectivity index (χ4v) is 6.38. The summed E-state index contributed by atoms with van der Waals surface area (Å²) < 4.78 is 24.5. The molecule has 6 rings (SSSR count). The van der Waals surface area contributed by atoms with E-state index in [0.717, 1.165) is 19.3 Å². The van der Waals surface area contributed by atoms with Crippen LogP contribution in [0.2, 0.25) is 0 Å². The molecule has 4 saturated heterocycles. The molecule has 5 aliphatic rings. The summed E-state index contributed by atoms with van der Waals surface area (Å²) in [6, 6.07) is 0. The van der Waals surface area contributed by atoms with Crippen LogP contribution in [0.4, 0.5) is 5.95 Å². The monoisotopic (exact) mass is 523 g/mol. The van der Waals surface area contributed by atoms with Gasteiger partial charge in [-0.2, -0.15) is 0 Å². The van der Waals surface area contributed by atoms with Crippen molar-refractivity contribution >= 4 is 17.9 Å². The molecule has 0 unspecified atom stereocenters. The molecule has 1 saturated carbocycles. The zero-order valence-electron chi connectivity index (χ0n) is 21.2. The minimum atomic E-state index is -0.923. The SMILES string of the molecule is C[C@H]1[C@H](OC(=O)CCC(=O)OCCn2ccnc2[N+](=O)[O-])O[C@@H]2O[C@@]3(C)CC[C@H]4[C@H](C)CC[C@@H]1[C@@]24OO3. The molecule has 13 heteroatoms. The van der Waals surface area contributed by atoms with E-state index in [0.29, 0.717) is 12.3 Å². The second-order valence-electron chi connectivity index (χ2n) is 10.7. The van der Waals surface area contributed by atoms with E-state index < -0.39 is 40.8 Å². The molecule has 0 amide bonds. The van der Waals surface area contributed by atoms with E-state index in [4.69, 9.17) is 28.7 Å². The highest BCUT2D eigenvalue weighted by Gasteiger charge is 2.69. The Bertz CT molecular complexity index is 1050. The fraction of sp³-hybridized carbons (Fsp3) is 0.792. The number of nitro groups is 1. The Hall–Kier alpha value is -2.61. The van der Waals surface area contributed by atoms with Gasteiger partial charge in [0.2, 0.25) is 12.1 Å². The summed E-state index contributed by atoms with van der Waals surface area (Å²) in [4.78, 5) is 50.5. The maximum atomic E-state index is 12.6. The summed E-state index contributed by atoms with van der Waals surface area (Å²) in [6.45, 7) is 6.03. The van der Waals surface area contributed by atoms with Crippen LogP contribution in [0.25, 0.3) is 0 Å². The van der Waals surface area contributed by atoms with Crippen LogP contribution >= 0.6 is 0 Å². The zero-order valence-corrected chi connectivity index (χ0v) is 21.2. The summed E-state index contributed by atoms with van der Waals surface area (Å²) in [5.74, 6) is -1.97. The summed E-state index contributed by atoms with van der Waals surface area (Å²) in [5.41, 5.74) is -0.746. The number of rotatable bonds is 8. The molecule has 1 aromatic heterocycles. The minimum absolute atomic E-state index is 0.0186. The van der Waals surface area contributed by atoms with Gasteiger partial charge in [0.1, 0.15) is 25.5 Å². The molecule has 204 valence electrons. The molecule has 0 N–H and O–H groups in total. The van der Waals surface area contributed by atoms with Gasteiger partial charge in [0.15, 0.2) is 11.9 Å². The predicted molar refractivity (Wildman–Crippen MR) is 122 cm³/mol. The van der Waals surface area contributed by atoms with E-state index in [1.54, 1.807) is 0 Å². The summed E-state index contributed by atoms with van der Waals surface area (Å²) in [5, 5.41) is 10.9. The first kappa shape index (κ1) is 26.0. The lowest BCUT2D eigenvalue weighted by Gasteiger charge is -2.59. The van der Waals surface area contributed by atoms with Crippen LogP contribution in [0.3, 0.4) is 0 Å². The van der Waals surface area contributed by atoms with Gasteiger partial charge in [0.25, 0.3) is 0 Å². The molecule has 8 atom stereocenters. The molecule has 1 aliphatic carbocycles. The van der Waals surface area contributed by atoms with Crippen molar-refractivity contribution in [2.24, 2.45) is 23.7 Å². The second-order valence-corrected chi connectivity index (χ2v) is 10.7. The van der Waals surface area contributed by atoms with Crippen LogP contribution in [-0.2, 0) is 44.9 Å². The molecule has 5 heterocycles. The minimum Gasteiger partial charge on any atom is -0.462 e. The summed E-state index contributed by atoms with van der Waals surface area (Å²) in [7, 11) is 0. The molecule has 1 spiro atoms. The molecular weight excluding hydrogens is 490 g/mol. The van der Waals surface area contributed by atoms with Crippen LogP contribution < -0.4 is 0 Å². The molecule has 37 heavy (non-hydrogen) atoms. The number of hydrogen-bond acceptors (Lipinski definition) is 11. The Labute approximate surface area is 213 Å². The van der Waals surface area contributed by atoms with E-state index in [2.05, 4.69) is 11.9 Å². The van der Waals surface area contributed by atoms with Crippen molar-refractivity contribution in [1.82, 2.24) is 9.55 Å². The van der Waals surface area contributed by atoms with Crippen molar-refractivity contribution in [3.8, 4) is 0 Å². The van der Waals surface area contributed by atoms with Gasteiger partial charge in [-0.15, -0.1) is 0 Å². The normalized spacial score (nSPS) is 38.4. The number of carbonyl (C=O) groups is 2. The molecule has 0 aromatic carbocycles. The first-order valence-corrected chi connectivity index (χ1v) is 12.8. The molecule has 4 aliphatic heterocycles. The number of fused-ring (bicyclic) bond motifs is 2. The number of ether oxygens (including phenoxy) is 4. The Kier molecular flexibility index (Phi) is 6.98. The lowest BCUT2D eigenvalue weighted by molar-refractivity contribution is -0.576. The second kappa shape index (κ2) is 9.93. The van der Waals surface area contributed by atoms with Crippen molar-refractivity contribution in [1.29, 1.82) is 0 Å². The maximum Gasteiger partial charge on any atom is 0.434 e. The number of aromatic nitrogens is 2. The standard InChI is InChI=1S/C24H33N3O10/c1-14-4-5-17-15(2)20(34-21-24(17)16(14)8-9-23(3,35-21)36-37-24)33-19(29)7-6-18(28)32-13-12-26-11-10-25-22(26)27(30)31/h10-11,14-17,20-21H,4-9,12-13H2,1-3H3/t14-,15-,16+,17+,20-,21-,23-,24-/m1/s1. The van der Waals surface area contributed by atoms with Gasteiger partial charge in [-0.05, 0) is 42.9 Å². The van der Waals surface area contributed by atoms with Crippen LogP contribution in [0.5, 0.6) is 0 Å². The highest BCUT2D eigenvalue weighted by molar-refractivity contribution is 5.77. The highest BCUT2D eigenvalue weighted by atomic mass is 17.3. The Morgan fingerprint density at radius 1 is 1.19 bits per heavy atom. The molecule has 2 bridgehead atoms. The summed E-state index contributed by atoms with van der Waals surface area (Å²) >= 11 is 0. The predicted octanol–water partition coefficient (Wildman–Crippen LogP) is 2.87. The number of nitrogens with zero attached hydrogens (tertiary/aromatic N) is 3. The van der Waals surface area contributed by atoms with Gasteiger partial charge in [-0.1, -0.05) is 18.8 Å². The highest BCUT2D eigenvalue weighted by Crippen LogP contribution is 2.60. The Balaban J connectivity index is 1.15. The third kappa shape index (κ3) is 4.73. The van der Waals surface area contributed by atoms with Crippen molar-refractivity contribution in [3.05, 3.63) is 22.5 Å². The van der Waals surface area contributed by atoms with Crippen molar-refractivity contribution in [2.45, 2.75) is 89.8 Å². The maximum absolute atomic E-state index is 12.6. The molecular formula is C24H33N3O10. The average molecular weight is 524 g/mol. The van der Waals surface area contributed by atoms with Crippen molar-refractivity contribution < 1.29 is 43.2 Å². The quantitative estimate of drug-likeness (QED) is 0.214. The number of hydrogen-bond donors (Lipinski definition) is 0. The third-order valence-electron chi connectivity index (χ3n) is 8.33. The number of imidazole rings is 1. The summed E-state index contributed by atoms with van der Waals surface area (Å²) in [6.07, 6.45) is 4.28. The van der Waals surface area contributed by atoms with Gasteiger partial charge in [0, 0.05) is 18.3 Å². The number of carbonyl (C=O) groups excluding carboxylic acids is 2.